The first kappa shape index (κ1) is 22.1. The molecule has 9 heteroatoms. The summed E-state index contributed by atoms with van der Waals surface area (Å²) >= 11 is 1.78. The summed E-state index contributed by atoms with van der Waals surface area (Å²) in [5.41, 5.74) is 0. The fourth-order valence-electron chi connectivity index (χ4n) is 3.63. The standard InChI is InChI=1S/C20H28N2O5S2/c1-27-17-5-7-18(8-6-17)28-15-16-9-11-21(12-10-16)29(25,26)14-13-22-19(23)3-2-4-20(22)24/h5-8,16H,2-4,9-15H2,1H3. The topological polar surface area (TPSA) is 84.0 Å². The van der Waals surface area contributed by atoms with Crippen LogP contribution in [0.2, 0.25) is 0 Å². The Hall–Kier alpha value is -1.58. The van der Waals surface area contributed by atoms with E-state index in [1.165, 1.54) is 9.20 Å². The van der Waals surface area contributed by atoms with Gasteiger partial charge in [-0.1, -0.05) is 0 Å². The lowest BCUT2D eigenvalue weighted by atomic mass is 10.0. The molecule has 2 aliphatic rings. The van der Waals surface area contributed by atoms with Gasteiger partial charge in [-0.3, -0.25) is 14.5 Å². The number of benzene rings is 1. The van der Waals surface area contributed by atoms with Crippen LogP contribution in [0.1, 0.15) is 32.1 Å². The Morgan fingerprint density at radius 2 is 1.69 bits per heavy atom. The zero-order chi connectivity index (χ0) is 20.9. The van der Waals surface area contributed by atoms with Crippen LogP contribution in [0, 0.1) is 5.92 Å². The van der Waals surface area contributed by atoms with Crippen LogP contribution in [-0.4, -0.2) is 67.7 Å². The largest absolute Gasteiger partial charge is 0.497 e. The third-order valence-corrected chi connectivity index (χ3v) is 8.56. The molecule has 29 heavy (non-hydrogen) atoms. The van der Waals surface area contributed by atoms with Crippen LogP contribution in [0.4, 0.5) is 0 Å². The minimum absolute atomic E-state index is 0.0345. The number of likely N-dealkylation sites (tertiary alicyclic amines) is 1. The summed E-state index contributed by atoms with van der Waals surface area (Å²) in [5.74, 6) is 1.56. The average molecular weight is 441 g/mol. The third kappa shape index (κ3) is 5.96. The van der Waals surface area contributed by atoms with E-state index in [2.05, 4.69) is 0 Å². The van der Waals surface area contributed by atoms with E-state index in [0.29, 0.717) is 38.3 Å². The van der Waals surface area contributed by atoms with Crippen molar-refractivity contribution in [1.82, 2.24) is 9.21 Å². The summed E-state index contributed by atoms with van der Waals surface area (Å²) in [6, 6.07) is 7.95. The summed E-state index contributed by atoms with van der Waals surface area (Å²) in [6.45, 7) is 0.962. The molecule has 3 rings (SSSR count). The highest BCUT2D eigenvalue weighted by Crippen LogP contribution is 2.28. The van der Waals surface area contributed by atoms with E-state index in [9.17, 15) is 18.0 Å². The van der Waals surface area contributed by atoms with Crippen molar-refractivity contribution in [2.24, 2.45) is 5.92 Å². The molecule has 0 aliphatic carbocycles. The zero-order valence-electron chi connectivity index (χ0n) is 16.7. The Morgan fingerprint density at radius 3 is 2.28 bits per heavy atom. The number of amides is 2. The fourth-order valence-corrected chi connectivity index (χ4v) is 6.15. The highest BCUT2D eigenvalue weighted by Gasteiger charge is 2.31. The van der Waals surface area contributed by atoms with Gasteiger partial charge in [0.25, 0.3) is 0 Å². The maximum atomic E-state index is 12.6. The molecule has 0 radical (unpaired) electrons. The Balaban J connectivity index is 1.43. The molecule has 0 aromatic heterocycles. The number of carbonyl (C=O) groups is 2. The van der Waals surface area contributed by atoms with Crippen LogP contribution >= 0.6 is 11.8 Å². The minimum atomic E-state index is -3.46. The quantitative estimate of drug-likeness (QED) is 0.456. The smallest absolute Gasteiger partial charge is 0.229 e. The minimum Gasteiger partial charge on any atom is -0.497 e. The van der Waals surface area contributed by atoms with Crippen LogP contribution in [0.15, 0.2) is 29.2 Å². The number of thioether (sulfide) groups is 1. The molecule has 7 nitrogen and oxygen atoms in total. The number of nitrogens with zero attached hydrogens (tertiary/aromatic N) is 2. The summed E-state index contributed by atoms with van der Waals surface area (Å²) in [4.78, 5) is 26.0. The number of carbonyl (C=O) groups excluding carboxylic acids is 2. The van der Waals surface area contributed by atoms with Crippen molar-refractivity contribution >= 4 is 33.6 Å². The molecule has 160 valence electrons. The molecule has 0 N–H and O–H groups in total. The van der Waals surface area contributed by atoms with Gasteiger partial charge in [-0.2, -0.15) is 0 Å². The van der Waals surface area contributed by atoms with Crippen LogP contribution < -0.4 is 4.74 Å². The number of ether oxygens (including phenoxy) is 1. The maximum Gasteiger partial charge on any atom is 0.229 e. The molecular formula is C20H28N2O5S2. The Bertz CT molecular complexity index is 802. The lowest BCUT2D eigenvalue weighted by molar-refractivity contribution is -0.147. The summed E-state index contributed by atoms with van der Waals surface area (Å²) in [6.07, 6.45) is 2.85. The Morgan fingerprint density at radius 1 is 1.07 bits per heavy atom. The van der Waals surface area contributed by atoms with Gasteiger partial charge in [0.15, 0.2) is 0 Å². The van der Waals surface area contributed by atoms with E-state index in [-0.39, 0.29) is 24.1 Å². The van der Waals surface area contributed by atoms with Gasteiger partial charge < -0.3 is 4.74 Å². The second kappa shape index (κ2) is 9.95. The van der Waals surface area contributed by atoms with Crippen molar-refractivity contribution in [3.63, 3.8) is 0 Å². The van der Waals surface area contributed by atoms with E-state index < -0.39 is 10.0 Å². The van der Waals surface area contributed by atoms with Gasteiger partial charge in [-0.15, -0.1) is 11.8 Å². The van der Waals surface area contributed by atoms with E-state index >= 15 is 0 Å². The van der Waals surface area contributed by atoms with Crippen molar-refractivity contribution in [3.8, 4) is 5.75 Å². The first-order valence-electron chi connectivity index (χ1n) is 9.97. The number of hydrogen-bond donors (Lipinski definition) is 0. The van der Waals surface area contributed by atoms with Gasteiger partial charge >= 0.3 is 0 Å². The molecule has 2 saturated heterocycles. The predicted octanol–water partition coefficient (Wildman–Crippen LogP) is 2.37. The normalized spacial score (nSPS) is 19.6. The first-order chi connectivity index (χ1) is 13.9. The van der Waals surface area contributed by atoms with Crippen LogP contribution in [0.5, 0.6) is 5.75 Å². The van der Waals surface area contributed by atoms with Crippen LogP contribution in [-0.2, 0) is 19.6 Å². The number of sulfonamides is 1. The molecule has 0 saturated carbocycles. The van der Waals surface area contributed by atoms with Gasteiger partial charge in [0.05, 0.1) is 12.9 Å². The van der Waals surface area contributed by atoms with E-state index in [0.717, 1.165) is 29.2 Å². The Labute approximate surface area is 176 Å². The van der Waals surface area contributed by atoms with Gasteiger partial charge in [0.2, 0.25) is 21.8 Å². The van der Waals surface area contributed by atoms with Crippen molar-refractivity contribution in [1.29, 1.82) is 0 Å². The molecule has 1 aromatic carbocycles. The van der Waals surface area contributed by atoms with Gasteiger partial charge in [0, 0.05) is 43.1 Å². The number of imide groups is 1. The van der Waals surface area contributed by atoms with Crippen molar-refractivity contribution in [2.45, 2.75) is 37.0 Å². The second-order valence-corrected chi connectivity index (χ2v) is 10.6. The highest BCUT2D eigenvalue weighted by atomic mass is 32.2. The summed E-state index contributed by atoms with van der Waals surface area (Å²) in [7, 11) is -1.82. The molecule has 2 fully saturated rings. The van der Waals surface area contributed by atoms with Crippen LogP contribution in [0.3, 0.4) is 0 Å². The number of methoxy groups -OCH3 is 1. The fraction of sp³-hybridized carbons (Fsp3) is 0.600. The molecule has 0 unspecified atom stereocenters. The first-order valence-corrected chi connectivity index (χ1v) is 12.6. The van der Waals surface area contributed by atoms with Gasteiger partial charge in [-0.05, 0) is 49.4 Å². The number of hydrogen-bond acceptors (Lipinski definition) is 6. The average Bonchev–Trinajstić information content (AvgIpc) is 2.72. The van der Waals surface area contributed by atoms with Crippen molar-refractivity contribution in [2.75, 3.05) is 38.2 Å². The summed E-state index contributed by atoms with van der Waals surface area (Å²) < 4.78 is 32.0. The highest BCUT2D eigenvalue weighted by molar-refractivity contribution is 7.99. The monoisotopic (exact) mass is 440 g/mol. The molecule has 2 aliphatic heterocycles. The van der Waals surface area contributed by atoms with Gasteiger partial charge in [-0.25, -0.2) is 12.7 Å². The lowest BCUT2D eigenvalue weighted by Crippen LogP contribution is -2.46. The second-order valence-electron chi connectivity index (χ2n) is 7.44. The molecule has 0 atom stereocenters. The molecule has 1 aromatic rings. The number of rotatable bonds is 8. The summed E-state index contributed by atoms with van der Waals surface area (Å²) in [5, 5.41) is 0. The zero-order valence-corrected chi connectivity index (χ0v) is 18.3. The molecule has 0 spiro atoms. The van der Waals surface area contributed by atoms with Crippen molar-refractivity contribution in [3.05, 3.63) is 24.3 Å². The third-order valence-electron chi connectivity index (χ3n) is 5.47. The molecule has 2 amide bonds. The number of piperidine rings is 2. The predicted molar refractivity (Wildman–Crippen MR) is 112 cm³/mol. The lowest BCUT2D eigenvalue weighted by Gasteiger charge is -2.32. The van der Waals surface area contributed by atoms with E-state index in [4.69, 9.17) is 4.74 Å². The van der Waals surface area contributed by atoms with Crippen molar-refractivity contribution < 1.29 is 22.7 Å². The SMILES string of the molecule is COc1ccc(SCC2CCN(S(=O)(=O)CCN3C(=O)CCCC3=O)CC2)cc1. The van der Waals surface area contributed by atoms with Gasteiger partial charge in [0.1, 0.15) is 5.75 Å². The molecular weight excluding hydrogens is 412 g/mol. The maximum absolute atomic E-state index is 12.6. The molecule has 0 bridgehead atoms. The molecule has 2 heterocycles. The van der Waals surface area contributed by atoms with E-state index in [1.54, 1.807) is 18.9 Å². The van der Waals surface area contributed by atoms with Crippen LogP contribution in [0.25, 0.3) is 0 Å². The Kier molecular flexibility index (Phi) is 7.59. The van der Waals surface area contributed by atoms with E-state index in [1.807, 2.05) is 24.3 Å².